The van der Waals surface area contributed by atoms with Crippen molar-refractivity contribution in [3.63, 3.8) is 0 Å². The molecule has 0 amide bonds. The lowest BCUT2D eigenvalue weighted by Crippen LogP contribution is -2.08. The topological polar surface area (TPSA) is 25.8 Å². The van der Waals surface area contributed by atoms with Gasteiger partial charge in [0.15, 0.2) is 0 Å². The van der Waals surface area contributed by atoms with Crippen LogP contribution in [0.2, 0.25) is 0 Å². The van der Waals surface area contributed by atoms with Gasteiger partial charge in [-0.2, -0.15) is 0 Å². The van der Waals surface area contributed by atoms with Crippen LogP contribution in [0.3, 0.4) is 0 Å². The molecule has 0 aliphatic heterocycles. The van der Waals surface area contributed by atoms with Crippen molar-refractivity contribution in [3.05, 3.63) is 24.3 Å². The molecule has 0 fully saturated rings. The molecule has 1 rings (SSSR count). The van der Waals surface area contributed by atoms with E-state index in [1.54, 1.807) is 12.4 Å². The lowest BCUT2D eigenvalue weighted by atomic mass is 10.1. The van der Waals surface area contributed by atoms with Crippen molar-refractivity contribution in [2.45, 2.75) is 24.6 Å². The zero-order valence-corrected chi connectivity index (χ0v) is 8.25. The monoisotopic (exact) mass is 214 g/mol. The number of halogens is 1. The number of hydrogen-bond acceptors (Lipinski definition) is 2. The Morgan fingerprint density at radius 3 is 2.27 bits per heavy atom. The second-order valence-corrected chi connectivity index (χ2v) is 4.02. The van der Waals surface area contributed by atoms with Crippen LogP contribution in [0.1, 0.15) is 25.6 Å². The summed E-state index contributed by atoms with van der Waals surface area (Å²) in [6.07, 6.45) is 3.54. The lowest BCUT2D eigenvalue weighted by Gasteiger charge is -2.10. The standard InChI is InChI=1S/C8H11BrN2/c1-6(7(2)9)8-10-4-3-5-11-8/h3-7H,1-2H3. The Kier molecular flexibility index (Phi) is 3.00. The van der Waals surface area contributed by atoms with Crippen molar-refractivity contribution in [2.24, 2.45) is 0 Å². The zero-order valence-electron chi connectivity index (χ0n) is 6.66. The average Bonchev–Trinajstić information content (AvgIpc) is 2.05. The average molecular weight is 215 g/mol. The van der Waals surface area contributed by atoms with Gasteiger partial charge in [0.25, 0.3) is 0 Å². The summed E-state index contributed by atoms with van der Waals surface area (Å²) in [6.45, 7) is 4.20. The van der Waals surface area contributed by atoms with E-state index in [0.717, 1.165) is 5.82 Å². The number of rotatable bonds is 2. The largest absolute Gasteiger partial charge is 0.241 e. The van der Waals surface area contributed by atoms with E-state index in [2.05, 4.69) is 39.7 Å². The normalized spacial score (nSPS) is 15.9. The molecule has 0 saturated carbocycles. The number of aromatic nitrogens is 2. The van der Waals surface area contributed by atoms with Crippen LogP contribution in [0.4, 0.5) is 0 Å². The molecule has 0 aliphatic rings. The maximum absolute atomic E-state index is 4.16. The predicted molar refractivity (Wildman–Crippen MR) is 48.8 cm³/mol. The molecule has 2 unspecified atom stereocenters. The van der Waals surface area contributed by atoms with Crippen molar-refractivity contribution in [1.82, 2.24) is 9.97 Å². The predicted octanol–water partition coefficient (Wildman–Crippen LogP) is 2.36. The minimum Gasteiger partial charge on any atom is -0.241 e. The molecule has 0 aliphatic carbocycles. The summed E-state index contributed by atoms with van der Waals surface area (Å²) in [7, 11) is 0. The molecule has 2 atom stereocenters. The van der Waals surface area contributed by atoms with E-state index in [0.29, 0.717) is 10.7 Å². The van der Waals surface area contributed by atoms with Gasteiger partial charge in [-0.15, -0.1) is 0 Å². The van der Waals surface area contributed by atoms with Crippen LogP contribution < -0.4 is 0 Å². The molecular weight excluding hydrogens is 204 g/mol. The van der Waals surface area contributed by atoms with E-state index in [-0.39, 0.29) is 0 Å². The highest BCUT2D eigenvalue weighted by atomic mass is 79.9. The second-order valence-electron chi connectivity index (χ2n) is 2.57. The Bertz CT molecular complexity index is 211. The van der Waals surface area contributed by atoms with Gasteiger partial charge in [0.05, 0.1) is 0 Å². The van der Waals surface area contributed by atoms with E-state index in [1.807, 2.05) is 6.07 Å². The molecule has 3 heteroatoms. The minimum atomic E-state index is 0.371. The van der Waals surface area contributed by atoms with Crippen molar-refractivity contribution in [1.29, 1.82) is 0 Å². The van der Waals surface area contributed by atoms with Gasteiger partial charge in [-0.25, -0.2) is 9.97 Å². The number of hydrogen-bond donors (Lipinski definition) is 0. The molecule has 2 nitrogen and oxygen atoms in total. The summed E-state index contributed by atoms with van der Waals surface area (Å²) in [6, 6.07) is 1.83. The van der Waals surface area contributed by atoms with Gasteiger partial charge in [0.1, 0.15) is 5.82 Å². The van der Waals surface area contributed by atoms with Gasteiger partial charge in [0.2, 0.25) is 0 Å². The highest BCUT2D eigenvalue weighted by Gasteiger charge is 2.12. The first kappa shape index (κ1) is 8.65. The fourth-order valence-corrected chi connectivity index (χ4v) is 0.988. The fourth-order valence-electron chi connectivity index (χ4n) is 0.751. The van der Waals surface area contributed by atoms with Crippen LogP contribution in [0.5, 0.6) is 0 Å². The fraction of sp³-hybridized carbons (Fsp3) is 0.500. The maximum atomic E-state index is 4.16. The van der Waals surface area contributed by atoms with Crippen LogP contribution in [-0.4, -0.2) is 14.8 Å². The van der Waals surface area contributed by atoms with E-state index in [4.69, 9.17) is 0 Å². The number of nitrogens with zero attached hydrogens (tertiary/aromatic N) is 2. The molecule has 11 heavy (non-hydrogen) atoms. The molecule has 1 aromatic rings. The number of alkyl halides is 1. The summed E-state index contributed by atoms with van der Waals surface area (Å²) in [5, 5.41) is 0. The molecule has 0 aromatic carbocycles. The van der Waals surface area contributed by atoms with Crippen molar-refractivity contribution in [3.8, 4) is 0 Å². The van der Waals surface area contributed by atoms with Crippen LogP contribution in [0.25, 0.3) is 0 Å². The third kappa shape index (κ3) is 2.26. The molecule has 0 bridgehead atoms. The maximum Gasteiger partial charge on any atom is 0.132 e. The SMILES string of the molecule is CC(Br)C(C)c1ncccn1. The molecule has 0 N–H and O–H groups in total. The smallest absolute Gasteiger partial charge is 0.132 e. The highest BCUT2D eigenvalue weighted by Crippen LogP contribution is 2.19. The summed E-state index contributed by atoms with van der Waals surface area (Å²) < 4.78 is 0. The van der Waals surface area contributed by atoms with Crippen molar-refractivity contribution >= 4 is 15.9 Å². The Morgan fingerprint density at radius 1 is 1.27 bits per heavy atom. The summed E-state index contributed by atoms with van der Waals surface area (Å²) in [4.78, 5) is 8.74. The molecule has 60 valence electrons. The zero-order chi connectivity index (χ0) is 8.27. The molecule has 0 spiro atoms. The molecular formula is C8H11BrN2. The molecule has 0 radical (unpaired) electrons. The summed E-state index contributed by atoms with van der Waals surface area (Å²) in [5.41, 5.74) is 0. The van der Waals surface area contributed by atoms with Gasteiger partial charge in [-0.3, -0.25) is 0 Å². The summed E-state index contributed by atoms with van der Waals surface area (Å²) >= 11 is 3.50. The summed E-state index contributed by atoms with van der Waals surface area (Å²) in [5.74, 6) is 1.27. The van der Waals surface area contributed by atoms with E-state index in [9.17, 15) is 0 Å². The van der Waals surface area contributed by atoms with Crippen LogP contribution in [-0.2, 0) is 0 Å². The van der Waals surface area contributed by atoms with Gasteiger partial charge in [-0.05, 0) is 6.07 Å². The third-order valence-corrected chi connectivity index (χ3v) is 2.47. The Labute approximate surface area is 75.2 Å². The molecule has 0 saturated heterocycles. The first-order chi connectivity index (χ1) is 5.22. The van der Waals surface area contributed by atoms with Gasteiger partial charge in [-0.1, -0.05) is 29.8 Å². The van der Waals surface area contributed by atoms with Crippen molar-refractivity contribution < 1.29 is 0 Å². The van der Waals surface area contributed by atoms with E-state index >= 15 is 0 Å². The van der Waals surface area contributed by atoms with Gasteiger partial charge < -0.3 is 0 Å². The quantitative estimate of drug-likeness (QED) is 0.707. The van der Waals surface area contributed by atoms with Gasteiger partial charge in [0, 0.05) is 23.1 Å². The lowest BCUT2D eigenvalue weighted by molar-refractivity contribution is 0.700. The van der Waals surface area contributed by atoms with E-state index < -0.39 is 0 Å². The molecule has 1 heterocycles. The van der Waals surface area contributed by atoms with Crippen molar-refractivity contribution in [2.75, 3.05) is 0 Å². The van der Waals surface area contributed by atoms with Crippen LogP contribution >= 0.6 is 15.9 Å². The minimum absolute atomic E-state index is 0.371. The van der Waals surface area contributed by atoms with Crippen LogP contribution in [0, 0.1) is 0 Å². The Balaban J connectivity index is 2.77. The molecule has 1 aromatic heterocycles. The Hall–Kier alpha value is -0.440. The first-order valence-electron chi connectivity index (χ1n) is 3.63. The third-order valence-electron chi connectivity index (χ3n) is 1.68. The van der Waals surface area contributed by atoms with Crippen LogP contribution in [0.15, 0.2) is 18.5 Å². The second kappa shape index (κ2) is 3.81. The Morgan fingerprint density at radius 2 is 1.82 bits per heavy atom. The first-order valence-corrected chi connectivity index (χ1v) is 4.54. The van der Waals surface area contributed by atoms with E-state index in [1.165, 1.54) is 0 Å². The van der Waals surface area contributed by atoms with Gasteiger partial charge >= 0.3 is 0 Å². The highest BCUT2D eigenvalue weighted by molar-refractivity contribution is 9.09.